The van der Waals surface area contributed by atoms with Crippen molar-refractivity contribution in [1.82, 2.24) is 19.5 Å². The minimum atomic E-state index is -4.73. The quantitative estimate of drug-likeness (QED) is 0.230. The number of amides is 1. The minimum absolute atomic E-state index is 0.0630. The van der Waals surface area contributed by atoms with Crippen LogP contribution in [0.4, 0.5) is 29.5 Å². The molecule has 14 heteroatoms. The fourth-order valence-electron chi connectivity index (χ4n) is 4.99. The third-order valence-corrected chi connectivity index (χ3v) is 7.29. The molecular weight excluding hydrogens is 593 g/mol. The van der Waals surface area contributed by atoms with Crippen molar-refractivity contribution in [2.75, 3.05) is 56.2 Å². The lowest BCUT2D eigenvalue weighted by Gasteiger charge is -2.35. The first kappa shape index (κ1) is 31.4. The van der Waals surface area contributed by atoms with E-state index < -0.39 is 23.9 Å². The van der Waals surface area contributed by atoms with Crippen LogP contribution in [-0.2, 0) is 33.6 Å². The molecule has 1 aliphatic rings. The van der Waals surface area contributed by atoms with Crippen LogP contribution < -0.4 is 14.5 Å². The number of nitrogens with zero attached hydrogens (tertiary/aromatic N) is 6. The number of ether oxygens (including phenoxy) is 3. The van der Waals surface area contributed by atoms with E-state index in [-0.39, 0.29) is 56.5 Å². The van der Waals surface area contributed by atoms with Crippen molar-refractivity contribution in [2.24, 2.45) is 0 Å². The second kappa shape index (κ2) is 13.7. The summed E-state index contributed by atoms with van der Waals surface area (Å²) in [6.45, 7) is 3.02. The van der Waals surface area contributed by atoms with E-state index in [2.05, 4.69) is 10.1 Å². The molecule has 0 bridgehead atoms. The van der Waals surface area contributed by atoms with Gasteiger partial charge < -0.3 is 28.9 Å². The summed E-state index contributed by atoms with van der Waals surface area (Å²) in [6.07, 6.45) is -4.48. The second-order valence-corrected chi connectivity index (χ2v) is 10.3. The number of carbonyl (C=O) groups excluding carboxylic acids is 2. The van der Waals surface area contributed by atoms with Crippen LogP contribution in [-0.4, -0.2) is 78.0 Å². The lowest BCUT2D eigenvalue weighted by molar-refractivity contribution is -0.143. The van der Waals surface area contributed by atoms with Crippen molar-refractivity contribution in [1.29, 1.82) is 0 Å². The van der Waals surface area contributed by atoms with Crippen molar-refractivity contribution in [3.05, 3.63) is 83.7 Å². The highest BCUT2D eigenvalue weighted by Gasteiger charge is 2.37. The van der Waals surface area contributed by atoms with Crippen LogP contribution in [0.25, 0.3) is 5.65 Å². The van der Waals surface area contributed by atoms with Crippen LogP contribution >= 0.6 is 0 Å². The smallest absolute Gasteiger partial charge is 0.435 e. The number of rotatable bonds is 10. The number of carbonyl (C=O) groups is 2. The van der Waals surface area contributed by atoms with Crippen LogP contribution in [0.2, 0.25) is 0 Å². The minimum Gasteiger partial charge on any atom is -0.497 e. The fourth-order valence-corrected chi connectivity index (χ4v) is 4.99. The molecule has 0 saturated carbocycles. The summed E-state index contributed by atoms with van der Waals surface area (Å²) in [4.78, 5) is 34.4. The molecule has 1 aliphatic heterocycles. The molecule has 4 aromatic rings. The first-order chi connectivity index (χ1) is 21.7. The predicted molar refractivity (Wildman–Crippen MR) is 159 cm³/mol. The number of benzene rings is 2. The predicted octanol–water partition coefficient (Wildman–Crippen LogP) is 4.79. The van der Waals surface area contributed by atoms with Crippen LogP contribution in [0, 0.1) is 0 Å². The normalized spacial score (nSPS) is 13.5. The Morgan fingerprint density at radius 3 is 2.31 bits per heavy atom. The number of methoxy groups -OCH3 is 1. The maximum Gasteiger partial charge on any atom is 0.435 e. The van der Waals surface area contributed by atoms with Gasteiger partial charge in [-0.05, 0) is 30.2 Å². The Balaban J connectivity index is 1.43. The molecule has 2 aromatic heterocycles. The van der Waals surface area contributed by atoms with E-state index in [1.807, 2.05) is 30.3 Å². The van der Waals surface area contributed by atoms with E-state index >= 15 is 0 Å². The van der Waals surface area contributed by atoms with Gasteiger partial charge >= 0.3 is 18.2 Å². The summed E-state index contributed by atoms with van der Waals surface area (Å²) < 4.78 is 58.8. The molecule has 1 saturated heterocycles. The van der Waals surface area contributed by atoms with Gasteiger partial charge in [0.1, 0.15) is 18.9 Å². The highest BCUT2D eigenvalue weighted by molar-refractivity contribution is 5.80. The zero-order valence-electron chi connectivity index (χ0n) is 24.9. The lowest BCUT2D eigenvalue weighted by atomic mass is 10.2. The molecule has 238 valence electrons. The van der Waals surface area contributed by atoms with Crippen molar-refractivity contribution >= 4 is 29.2 Å². The van der Waals surface area contributed by atoms with Crippen LogP contribution in [0.15, 0.2) is 66.9 Å². The standard InChI is InChI=1S/C31H33F3N6O5/c1-3-44-28(41)20-39(19-22-9-11-24(43-2)12-10-22)25-17-27(36-40-26(31(32,33)34)18-35-29(25)40)37-13-15-38(16-14-37)30(42)45-21-23-7-5-4-6-8-23/h4-12,17-18H,3,13-16,19-21H2,1-2H3. The maximum atomic E-state index is 14.0. The third kappa shape index (κ3) is 7.56. The fraction of sp³-hybridized carbons (Fsp3) is 0.355. The van der Waals surface area contributed by atoms with E-state index in [9.17, 15) is 22.8 Å². The van der Waals surface area contributed by atoms with E-state index in [0.29, 0.717) is 18.8 Å². The topological polar surface area (TPSA) is 102 Å². The number of halogens is 3. The highest BCUT2D eigenvalue weighted by atomic mass is 19.4. The molecule has 0 aliphatic carbocycles. The monoisotopic (exact) mass is 626 g/mol. The number of fused-ring (bicyclic) bond motifs is 1. The second-order valence-electron chi connectivity index (χ2n) is 10.3. The van der Waals surface area contributed by atoms with Gasteiger partial charge in [0.05, 0.1) is 25.6 Å². The van der Waals surface area contributed by atoms with Gasteiger partial charge in [0, 0.05) is 38.8 Å². The molecule has 3 heterocycles. The summed E-state index contributed by atoms with van der Waals surface area (Å²) in [6, 6.07) is 18.0. The highest BCUT2D eigenvalue weighted by Crippen LogP contribution is 2.34. The van der Waals surface area contributed by atoms with Gasteiger partial charge in [0.25, 0.3) is 0 Å². The summed E-state index contributed by atoms with van der Waals surface area (Å²) >= 11 is 0. The third-order valence-electron chi connectivity index (χ3n) is 7.29. The van der Waals surface area contributed by atoms with Gasteiger partial charge in [-0.25, -0.2) is 14.3 Å². The number of piperazine rings is 1. The molecule has 2 aromatic carbocycles. The average molecular weight is 627 g/mol. The van der Waals surface area contributed by atoms with Gasteiger partial charge in [0.2, 0.25) is 0 Å². The first-order valence-corrected chi connectivity index (χ1v) is 14.4. The Bertz CT molecular complexity index is 1610. The Hall–Kier alpha value is -5.01. The van der Waals surface area contributed by atoms with Gasteiger partial charge in [-0.3, -0.25) is 4.79 Å². The zero-order chi connectivity index (χ0) is 32.0. The molecule has 0 spiro atoms. The van der Waals surface area contributed by atoms with E-state index in [0.717, 1.165) is 21.8 Å². The first-order valence-electron chi connectivity index (χ1n) is 14.4. The van der Waals surface area contributed by atoms with Crippen molar-refractivity contribution in [3.8, 4) is 5.75 Å². The molecule has 5 rings (SSSR count). The van der Waals surface area contributed by atoms with Crippen molar-refractivity contribution in [3.63, 3.8) is 0 Å². The van der Waals surface area contributed by atoms with E-state index in [4.69, 9.17) is 14.2 Å². The van der Waals surface area contributed by atoms with Crippen LogP contribution in [0.5, 0.6) is 5.75 Å². The SMILES string of the molecule is CCOC(=O)CN(Cc1ccc(OC)cc1)c1cc(N2CCN(C(=O)OCc3ccccc3)CC2)nn2c(C(F)(F)F)cnc12. The summed E-state index contributed by atoms with van der Waals surface area (Å²) in [5.41, 5.74) is 0.791. The largest absolute Gasteiger partial charge is 0.497 e. The number of hydrogen-bond donors (Lipinski definition) is 0. The Morgan fingerprint density at radius 1 is 0.956 bits per heavy atom. The summed E-state index contributed by atoms with van der Waals surface area (Å²) in [7, 11) is 1.54. The van der Waals surface area contributed by atoms with Crippen LogP contribution in [0.3, 0.4) is 0 Å². The van der Waals surface area contributed by atoms with Gasteiger partial charge in [0.15, 0.2) is 17.2 Å². The molecule has 0 N–H and O–H groups in total. The Morgan fingerprint density at radius 2 is 1.67 bits per heavy atom. The van der Waals surface area contributed by atoms with E-state index in [1.54, 1.807) is 59.1 Å². The van der Waals surface area contributed by atoms with Crippen LogP contribution in [0.1, 0.15) is 23.7 Å². The molecule has 0 radical (unpaired) electrons. The number of imidazole rings is 1. The number of esters is 1. The average Bonchev–Trinajstić information content (AvgIpc) is 3.49. The number of alkyl halides is 3. The van der Waals surface area contributed by atoms with Gasteiger partial charge in [-0.2, -0.15) is 13.2 Å². The number of aromatic nitrogens is 3. The Labute approximate surface area is 257 Å². The van der Waals surface area contributed by atoms with Gasteiger partial charge in [-0.15, -0.1) is 5.10 Å². The lowest BCUT2D eigenvalue weighted by Crippen LogP contribution is -2.49. The molecular formula is C31H33F3N6O5. The molecule has 11 nitrogen and oxygen atoms in total. The summed E-state index contributed by atoms with van der Waals surface area (Å²) in [5.74, 6) is 0.324. The maximum absolute atomic E-state index is 14.0. The van der Waals surface area contributed by atoms with E-state index in [1.165, 1.54) is 0 Å². The van der Waals surface area contributed by atoms with Crippen molar-refractivity contribution < 1.29 is 37.0 Å². The Kier molecular flexibility index (Phi) is 9.59. The number of hydrogen-bond acceptors (Lipinski definition) is 9. The molecule has 1 amide bonds. The number of anilines is 2. The molecule has 0 atom stereocenters. The molecule has 1 fully saturated rings. The molecule has 0 unspecified atom stereocenters. The zero-order valence-corrected chi connectivity index (χ0v) is 24.9. The van der Waals surface area contributed by atoms with Gasteiger partial charge in [-0.1, -0.05) is 42.5 Å². The summed E-state index contributed by atoms with van der Waals surface area (Å²) in [5, 5.41) is 4.33. The molecule has 45 heavy (non-hydrogen) atoms. The van der Waals surface area contributed by atoms with Crippen molar-refractivity contribution in [2.45, 2.75) is 26.3 Å².